The summed E-state index contributed by atoms with van der Waals surface area (Å²) in [5, 5.41) is 0. The first kappa shape index (κ1) is 15.1. The van der Waals surface area contributed by atoms with Crippen LogP contribution in [0.2, 0.25) is 0 Å². The van der Waals surface area contributed by atoms with E-state index in [4.69, 9.17) is 5.73 Å². The van der Waals surface area contributed by atoms with Crippen molar-refractivity contribution in [2.45, 2.75) is 18.5 Å². The van der Waals surface area contributed by atoms with E-state index in [0.717, 1.165) is 17.7 Å². The number of hydrogen-bond donors (Lipinski definition) is 1. The molecule has 5 heteroatoms. The van der Waals surface area contributed by atoms with Crippen LogP contribution in [0.3, 0.4) is 0 Å². The molecule has 0 fully saturated rings. The van der Waals surface area contributed by atoms with Gasteiger partial charge in [-0.1, -0.05) is 42.5 Å². The number of carbonyl (C=O) groups excluding carboxylic acids is 1. The Hall–Kier alpha value is -2.30. The van der Waals surface area contributed by atoms with Gasteiger partial charge in [-0.05, 0) is 29.7 Å². The molecule has 0 aromatic heterocycles. The van der Waals surface area contributed by atoms with Crippen LogP contribution in [0.1, 0.15) is 22.6 Å². The van der Waals surface area contributed by atoms with Gasteiger partial charge in [-0.2, -0.15) is 13.2 Å². The first-order chi connectivity index (χ1) is 9.88. The minimum atomic E-state index is -4.36. The molecule has 0 aliphatic rings. The van der Waals surface area contributed by atoms with Crippen molar-refractivity contribution >= 4 is 5.91 Å². The predicted molar refractivity (Wildman–Crippen MR) is 73.5 cm³/mol. The molecule has 2 aromatic rings. The Bertz CT molecular complexity index is 606. The van der Waals surface area contributed by atoms with Crippen LogP contribution >= 0.6 is 0 Å². The van der Waals surface area contributed by atoms with Gasteiger partial charge in [0.2, 0.25) is 5.91 Å². The molecule has 2 nitrogen and oxygen atoms in total. The normalized spacial score (nSPS) is 12.9. The number of hydrogen-bond acceptors (Lipinski definition) is 1. The third-order valence-corrected chi connectivity index (χ3v) is 3.27. The third kappa shape index (κ3) is 3.84. The molecule has 0 heterocycles. The van der Waals surface area contributed by atoms with E-state index in [1.165, 1.54) is 12.1 Å². The lowest BCUT2D eigenvalue weighted by molar-refractivity contribution is -0.137. The summed E-state index contributed by atoms with van der Waals surface area (Å²) in [6, 6.07) is 13.7. The molecule has 1 atom stereocenters. The summed E-state index contributed by atoms with van der Waals surface area (Å²) < 4.78 is 37.5. The Morgan fingerprint density at radius 1 is 1.00 bits per heavy atom. The van der Waals surface area contributed by atoms with E-state index in [-0.39, 0.29) is 6.42 Å². The second-order valence-electron chi connectivity index (χ2n) is 4.76. The number of benzene rings is 2. The van der Waals surface area contributed by atoms with Gasteiger partial charge in [0.05, 0.1) is 11.5 Å². The summed E-state index contributed by atoms with van der Waals surface area (Å²) >= 11 is 0. The summed E-state index contributed by atoms with van der Waals surface area (Å²) in [7, 11) is 0. The SMILES string of the molecule is NC(=O)C(Cc1ccc(C(F)(F)F)cc1)c1ccccc1. The Kier molecular flexibility index (Phi) is 4.31. The molecule has 1 unspecified atom stereocenters. The van der Waals surface area contributed by atoms with Crippen LogP contribution in [0.4, 0.5) is 13.2 Å². The van der Waals surface area contributed by atoms with Gasteiger partial charge < -0.3 is 5.73 Å². The number of amides is 1. The molecule has 21 heavy (non-hydrogen) atoms. The van der Waals surface area contributed by atoms with Crippen LogP contribution in [0.15, 0.2) is 54.6 Å². The molecular weight excluding hydrogens is 279 g/mol. The molecule has 0 saturated carbocycles. The lowest BCUT2D eigenvalue weighted by Gasteiger charge is -2.14. The Morgan fingerprint density at radius 2 is 1.57 bits per heavy atom. The molecule has 0 aliphatic heterocycles. The summed E-state index contributed by atoms with van der Waals surface area (Å²) in [6.45, 7) is 0. The highest BCUT2D eigenvalue weighted by molar-refractivity contribution is 5.82. The van der Waals surface area contributed by atoms with Crippen LogP contribution < -0.4 is 5.73 Å². The largest absolute Gasteiger partial charge is 0.416 e. The quantitative estimate of drug-likeness (QED) is 0.921. The zero-order valence-corrected chi connectivity index (χ0v) is 11.1. The standard InChI is InChI=1S/C16H14F3NO/c17-16(18,19)13-8-6-11(7-9-13)10-14(15(20)21)12-4-2-1-3-5-12/h1-9,14H,10H2,(H2,20,21). The number of nitrogens with two attached hydrogens (primary N) is 1. The van der Waals surface area contributed by atoms with Crippen molar-refractivity contribution < 1.29 is 18.0 Å². The number of alkyl halides is 3. The molecule has 2 N–H and O–H groups in total. The first-order valence-corrected chi connectivity index (χ1v) is 6.38. The smallest absolute Gasteiger partial charge is 0.369 e. The van der Waals surface area contributed by atoms with Gasteiger partial charge in [0, 0.05) is 0 Å². The summed E-state index contributed by atoms with van der Waals surface area (Å²) in [5.74, 6) is -1.05. The second kappa shape index (κ2) is 5.99. The predicted octanol–water partition coefficient (Wildman–Crippen LogP) is 3.52. The van der Waals surface area contributed by atoms with Crippen LogP contribution in [-0.4, -0.2) is 5.91 Å². The first-order valence-electron chi connectivity index (χ1n) is 6.38. The fourth-order valence-corrected chi connectivity index (χ4v) is 2.13. The monoisotopic (exact) mass is 293 g/mol. The fraction of sp³-hybridized carbons (Fsp3) is 0.188. The number of primary amides is 1. The Labute approximate surface area is 120 Å². The van der Waals surface area contributed by atoms with Crippen molar-refractivity contribution in [2.24, 2.45) is 5.73 Å². The zero-order chi connectivity index (χ0) is 15.5. The van der Waals surface area contributed by atoms with Crippen molar-refractivity contribution in [1.82, 2.24) is 0 Å². The number of halogens is 3. The molecule has 2 rings (SSSR count). The minimum Gasteiger partial charge on any atom is -0.369 e. The van der Waals surface area contributed by atoms with Crippen molar-refractivity contribution in [1.29, 1.82) is 0 Å². The van der Waals surface area contributed by atoms with Crippen molar-refractivity contribution in [3.8, 4) is 0 Å². The molecule has 110 valence electrons. The summed E-state index contributed by atoms with van der Waals surface area (Å²) in [5.41, 5.74) is 6.08. The van der Waals surface area contributed by atoms with Crippen LogP contribution in [0.25, 0.3) is 0 Å². The molecule has 1 amide bonds. The van der Waals surface area contributed by atoms with Crippen molar-refractivity contribution in [3.63, 3.8) is 0 Å². The maximum absolute atomic E-state index is 12.5. The molecule has 0 radical (unpaired) electrons. The van der Waals surface area contributed by atoms with Gasteiger partial charge in [0.25, 0.3) is 0 Å². The van der Waals surface area contributed by atoms with E-state index < -0.39 is 23.6 Å². The van der Waals surface area contributed by atoms with E-state index in [1.807, 2.05) is 6.07 Å². The maximum atomic E-state index is 12.5. The molecule has 2 aromatic carbocycles. The molecule has 0 bridgehead atoms. The second-order valence-corrected chi connectivity index (χ2v) is 4.76. The number of carbonyl (C=O) groups is 1. The van der Waals surface area contributed by atoms with Gasteiger partial charge in [0.1, 0.15) is 0 Å². The molecule has 0 spiro atoms. The lowest BCUT2D eigenvalue weighted by atomic mass is 9.91. The lowest BCUT2D eigenvalue weighted by Crippen LogP contribution is -2.23. The molecule has 0 saturated heterocycles. The van der Waals surface area contributed by atoms with E-state index in [1.54, 1.807) is 24.3 Å². The average Bonchev–Trinajstić information content (AvgIpc) is 2.45. The van der Waals surface area contributed by atoms with Crippen LogP contribution in [0.5, 0.6) is 0 Å². The summed E-state index contributed by atoms with van der Waals surface area (Å²) in [4.78, 5) is 11.6. The van der Waals surface area contributed by atoms with E-state index in [2.05, 4.69) is 0 Å². The summed E-state index contributed by atoms with van der Waals surface area (Å²) in [6.07, 6.45) is -4.08. The van der Waals surface area contributed by atoms with Crippen molar-refractivity contribution in [2.75, 3.05) is 0 Å². The van der Waals surface area contributed by atoms with Gasteiger partial charge in [0.15, 0.2) is 0 Å². The topological polar surface area (TPSA) is 43.1 Å². The van der Waals surface area contributed by atoms with Crippen LogP contribution in [-0.2, 0) is 17.4 Å². The highest BCUT2D eigenvalue weighted by Gasteiger charge is 2.30. The van der Waals surface area contributed by atoms with E-state index >= 15 is 0 Å². The highest BCUT2D eigenvalue weighted by atomic mass is 19.4. The van der Waals surface area contributed by atoms with Crippen molar-refractivity contribution in [3.05, 3.63) is 71.3 Å². The van der Waals surface area contributed by atoms with Gasteiger partial charge >= 0.3 is 6.18 Å². The minimum absolute atomic E-state index is 0.275. The fourth-order valence-electron chi connectivity index (χ4n) is 2.13. The average molecular weight is 293 g/mol. The van der Waals surface area contributed by atoms with E-state index in [0.29, 0.717) is 5.56 Å². The number of rotatable bonds is 4. The molecule has 0 aliphatic carbocycles. The highest BCUT2D eigenvalue weighted by Crippen LogP contribution is 2.30. The van der Waals surface area contributed by atoms with E-state index in [9.17, 15) is 18.0 Å². The molecular formula is C16H14F3NO. The maximum Gasteiger partial charge on any atom is 0.416 e. The van der Waals surface area contributed by atoms with Gasteiger partial charge in [-0.25, -0.2) is 0 Å². The Balaban J connectivity index is 2.20. The Morgan fingerprint density at radius 3 is 2.05 bits per heavy atom. The zero-order valence-electron chi connectivity index (χ0n) is 11.1. The third-order valence-electron chi connectivity index (χ3n) is 3.27. The van der Waals surface area contributed by atoms with Gasteiger partial charge in [-0.15, -0.1) is 0 Å². The van der Waals surface area contributed by atoms with Gasteiger partial charge in [-0.3, -0.25) is 4.79 Å². The van der Waals surface area contributed by atoms with Crippen LogP contribution in [0, 0.1) is 0 Å².